The van der Waals surface area contributed by atoms with E-state index in [1.807, 2.05) is 91.1 Å². The van der Waals surface area contributed by atoms with E-state index in [1.54, 1.807) is 0 Å². The van der Waals surface area contributed by atoms with E-state index in [0.29, 0.717) is 28.6 Å². The molecule has 0 radical (unpaired) electrons. The van der Waals surface area contributed by atoms with Crippen molar-refractivity contribution in [3.05, 3.63) is 140 Å². The second-order valence-corrected chi connectivity index (χ2v) is 10.7. The maximum Gasteiger partial charge on any atom is 0.177 e. The van der Waals surface area contributed by atoms with E-state index < -0.39 is 0 Å². The quantitative estimate of drug-likeness (QED) is 0.213. The maximum absolute atomic E-state index is 6.80. The average Bonchev–Trinajstić information content (AvgIpc) is 3.65. The fourth-order valence-electron chi connectivity index (χ4n) is 6.13. The van der Waals surface area contributed by atoms with Crippen LogP contribution in [0.1, 0.15) is 0 Å². The third-order valence-corrected chi connectivity index (χ3v) is 8.12. The van der Waals surface area contributed by atoms with E-state index in [-0.39, 0.29) is 0 Å². The van der Waals surface area contributed by atoms with E-state index in [4.69, 9.17) is 24.4 Å². The molecular weight excluding hydrogens is 542 g/mol. The van der Waals surface area contributed by atoms with Gasteiger partial charge in [0.2, 0.25) is 0 Å². The van der Waals surface area contributed by atoms with Gasteiger partial charge in [0.1, 0.15) is 11.1 Å². The summed E-state index contributed by atoms with van der Waals surface area (Å²) in [5.74, 6) is 1.75. The molecule has 0 N–H and O–H groups in total. The Hall–Kier alpha value is -6.14. The van der Waals surface area contributed by atoms with Gasteiger partial charge in [-0.25, -0.2) is 15.0 Å². The van der Waals surface area contributed by atoms with Crippen LogP contribution >= 0.6 is 0 Å². The van der Waals surface area contributed by atoms with Crippen molar-refractivity contribution in [2.45, 2.75) is 0 Å². The molecular formula is C38H23N5O. The fourth-order valence-corrected chi connectivity index (χ4v) is 6.13. The third kappa shape index (κ3) is 3.75. The third-order valence-electron chi connectivity index (χ3n) is 8.12. The van der Waals surface area contributed by atoms with Gasteiger partial charge in [0, 0.05) is 33.5 Å². The summed E-state index contributed by atoms with van der Waals surface area (Å²) in [6.45, 7) is 0. The van der Waals surface area contributed by atoms with Crippen molar-refractivity contribution in [1.82, 2.24) is 24.5 Å². The number of pyridine rings is 1. The monoisotopic (exact) mass is 565 g/mol. The topological polar surface area (TPSA) is 69.6 Å². The molecule has 0 unspecified atom stereocenters. The largest absolute Gasteiger partial charge is 0.451 e. The highest BCUT2D eigenvalue weighted by molar-refractivity contribution is 6.13. The van der Waals surface area contributed by atoms with Gasteiger partial charge in [-0.3, -0.25) is 4.98 Å². The second-order valence-electron chi connectivity index (χ2n) is 10.7. The number of hydrogen-bond acceptors (Lipinski definition) is 5. The molecule has 0 saturated carbocycles. The van der Waals surface area contributed by atoms with E-state index >= 15 is 0 Å². The van der Waals surface area contributed by atoms with Crippen molar-refractivity contribution in [3.63, 3.8) is 0 Å². The molecule has 9 rings (SSSR count). The number of nitrogens with zero attached hydrogens (tertiary/aromatic N) is 5. The Morgan fingerprint density at radius 1 is 0.455 bits per heavy atom. The summed E-state index contributed by atoms with van der Waals surface area (Å²) in [6.07, 6.45) is 1.85. The van der Waals surface area contributed by atoms with Crippen molar-refractivity contribution in [3.8, 4) is 39.9 Å². The first kappa shape index (κ1) is 24.5. The molecule has 4 heterocycles. The smallest absolute Gasteiger partial charge is 0.177 e. The number of rotatable bonds is 4. The van der Waals surface area contributed by atoms with Crippen LogP contribution in [0.3, 0.4) is 0 Å². The Morgan fingerprint density at radius 3 is 1.64 bits per heavy atom. The normalized spacial score (nSPS) is 11.6. The van der Waals surface area contributed by atoms with Gasteiger partial charge in [-0.05, 0) is 30.3 Å². The van der Waals surface area contributed by atoms with Crippen LogP contribution in [0.2, 0.25) is 0 Å². The summed E-state index contributed by atoms with van der Waals surface area (Å²) in [5.41, 5.74) is 7.96. The molecule has 0 bridgehead atoms. The van der Waals surface area contributed by atoms with Crippen LogP contribution < -0.4 is 0 Å². The summed E-state index contributed by atoms with van der Waals surface area (Å²) < 4.78 is 9.06. The van der Waals surface area contributed by atoms with Crippen molar-refractivity contribution in [1.29, 1.82) is 0 Å². The van der Waals surface area contributed by atoms with Gasteiger partial charge in [-0.15, -0.1) is 0 Å². The molecule has 9 aromatic rings. The van der Waals surface area contributed by atoms with Crippen LogP contribution in [0.4, 0.5) is 0 Å². The van der Waals surface area contributed by atoms with Crippen LogP contribution in [0.25, 0.3) is 83.7 Å². The summed E-state index contributed by atoms with van der Waals surface area (Å²) in [6, 6.07) is 45.0. The standard InChI is InChI=1S/C38H23N5O/c1-3-12-24(13-4-1)36-40-37(25-14-5-2-6-15-25)42-38(41-36)29-19-11-18-28-33-35(44-34(28)29)32(22-23-39-33)43-30-20-9-7-16-26(30)27-17-8-10-21-31(27)43/h1-23H. The highest BCUT2D eigenvalue weighted by Gasteiger charge is 2.21. The molecule has 6 heteroatoms. The summed E-state index contributed by atoms with van der Waals surface area (Å²) in [5, 5.41) is 3.29. The van der Waals surface area contributed by atoms with Crippen LogP contribution in [-0.2, 0) is 0 Å². The number of aromatic nitrogens is 5. The number of para-hydroxylation sites is 3. The Morgan fingerprint density at radius 2 is 1.00 bits per heavy atom. The molecule has 4 aromatic heterocycles. The number of benzene rings is 5. The lowest BCUT2D eigenvalue weighted by Gasteiger charge is -2.08. The minimum absolute atomic E-state index is 0.542. The lowest BCUT2D eigenvalue weighted by Crippen LogP contribution is -2.00. The van der Waals surface area contributed by atoms with Crippen molar-refractivity contribution < 1.29 is 4.42 Å². The Kier molecular flexibility index (Phi) is 5.40. The fraction of sp³-hybridized carbons (Fsp3) is 0. The second kappa shape index (κ2) is 9.71. The molecule has 0 spiro atoms. The van der Waals surface area contributed by atoms with E-state index in [1.165, 1.54) is 10.8 Å². The van der Waals surface area contributed by atoms with E-state index in [2.05, 4.69) is 53.1 Å². The zero-order chi connectivity index (χ0) is 29.0. The minimum atomic E-state index is 0.542. The lowest BCUT2D eigenvalue weighted by molar-refractivity contribution is 0.666. The molecule has 5 aromatic carbocycles. The van der Waals surface area contributed by atoms with Gasteiger partial charge in [-0.2, -0.15) is 0 Å². The molecule has 206 valence electrons. The van der Waals surface area contributed by atoms with E-state index in [0.717, 1.165) is 44.3 Å². The zero-order valence-electron chi connectivity index (χ0n) is 23.4. The van der Waals surface area contributed by atoms with Crippen molar-refractivity contribution in [2.75, 3.05) is 0 Å². The Balaban J connectivity index is 1.32. The Labute approximate surface area is 251 Å². The number of furan rings is 1. The van der Waals surface area contributed by atoms with Crippen LogP contribution in [-0.4, -0.2) is 24.5 Å². The van der Waals surface area contributed by atoms with Gasteiger partial charge < -0.3 is 8.98 Å². The van der Waals surface area contributed by atoms with Gasteiger partial charge in [-0.1, -0.05) is 103 Å². The average molecular weight is 566 g/mol. The van der Waals surface area contributed by atoms with E-state index in [9.17, 15) is 0 Å². The molecule has 44 heavy (non-hydrogen) atoms. The molecule has 0 aliphatic heterocycles. The first-order valence-electron chi connectivity index (χ1n) is 14.5. The SMILES string of the molecule is c1ccc(-c2nc(-c3ccccc3)nc(-c3cccc4c3oc3c(-n5c6ccccc6c6ccccc65)ccnc34)n2)cc1. The molecule has 0 aliphatic rings. The van der Waals surface area contributed by atoms with Crippen LogP contribution in [0.15, 0.2) is 144 Å². The molecule has 0 fully saturated rings. The zero-order valence-corrected chi connectivity index (χ0v) is 23.4. The Bertz CT molecular complexity index is 2390. The van der Waals surface area contributed by atoms with Gasteiger partial charge in [0.25, 0.3) is 0 Å². The predicted octanol–water partition coefficient (Wildman–Crippen LogP) is 9.26. The van der Waals surface area contributed by atoms with Crippen molar-refractivity contribution >= 4 is 43.9 Å². The van der Waals surface area contributed by atoms with Crippen LogP contribution in [0, 0.1) is 0 Å². The van der Waals surface area contributed by atoms with Gasteiger partial charge >= 0.3 is 0 Å². The number of hydrogen-bond donors (Lipinski definition) is 0. The van der Waals surface area contributed by atoms with Crippen LogP contribution in [0.5, 0.6) is 0 Å². The molecule has 0 saturated heterocycles. The van der Waals surface area contributed by atoms with Gasteiger partial charge in [0.05, 0.1) is 22.3 Å². The first-order chi connectivity index (χ1) is 21.8. The van der Waals surface area contributed by atoms with Crippen molar-refractivity contribution in [2.24, 2.45) is 0 Å². The molecule has 0 atom stereocenters. The predicted molar refractivity (Wildman–Crippen MR) is 176 cm³/mol. The summed E-state index contributed by atoms with van der Waals surface area (Å²) in [7, 11) is 0. The summed E-state index contributed by atoms with van der Waals surface area (Å²) in [4.78, 5) is 19.6. The minimum Gasteiger partial charge on any atom is -0.451 e. The molecule has 6 nitrogen and oxygen atoms in total. The first-order valence-corrected chi connectivity index (χ1v) is 14.5. The van der Waals surface area contributed by atoms with Gasteiger partial charge in [0.15, 0.2) is 23.1 Å². The summed E-state index contributed by atoms with van der Waals surface area (Å²) >= 11 is 0. The highest BCUT2D eigenvalue weighted by Crippen LogP contribution is 2.39. The molecule has 0 aliphatic carbocycles. The lowest BCUT2D eigenvalue weighted by atomic mass is 10.1. The highest BCUT2D eigenvalue weighted by atomic mass is 16.3. The molecule has 0 amide bonds. The maximum atomic E-state index is 6.80. The number of fused-ring (bicyclic) bond motifs is 6.